The summed E-state index contributed by atoms with van der Waals surface area (Å²) in [6.45, 7) is 6.66. The lowest BCUT2D eigenvalue weighted by Crippen LogP contribution is -3.13. The number of hydrogen-bond acceptors (Lipinski definition) is 2. The summed E-state index contributed by atoms with van der Waals surface area (Å²) >= 11 is 0. The van der Waals surface area contributed by atoms with Gasteiger partial charge in [0.2, 0.25) is 0 Å². The second-order valence-corrected chi connectivity index (χ2v) is 6.17. The highest BCUT2D eigenvalue weighted by Crippen LogP contribution is 2.26. The summed E-state index contributed by atoms with van der Waals surface area (Å²) in [6.07, 6.45) is 4.34. The fourth-order valence-corrected chi connectivity index (χ4v) is 3.33. The predicted molar refractivity (Wildman–Crippen MR) is 78.9 cm³/mol. The Morgan fingerprint density at radius 3 is 2.65 bits per heavy atom. The van der Waals surface area contributed by atoms with Crippen LogP contribution in [0.5, 0.6) is 0 Å². The molecule has 2 aliphatic heterocycles. The van der Waals surface area contributed by atoms with Gasteiger partial charge in [-0.1, -0.05) is 37.3 Å². The summed E-state index contributed by atoms with van der Waals surface area (Å²) in [5, 5.41) is 0. The third-order valence-corrected chi connectivity index (χ3v) is 4.58. The van der Waals surface area contributed by atoms with Crippen molar-refractivity contribution in [3.8, 4) is 0 Å². The Balaban J connectivity index is 1.51. The molecule has 1 aromatic carbocycles. The Kier molecular flexibility index (Phi) is 4.71. The Bertz CT molecular complexity index is 403. The number of rotatable bonds is 4. The van der Waals surface area contributed by atoms with Crippen molar-refractivity contribution < 1.29 is 14.4 Å². The van der Waals surface area contributed by atoms with Gasteiger partial charge in [0.05, 0.1) is 19.7 Å². The molecule has 2 fully saturated rings. The van der Waals surface area contributed by atoms with Crippen LogP contribution in [-0.2, 0) is 9.47 Å². The van der Waals surface area contributed by atoms with Crippen LogP contribution in [0, 0.1) is 0 Å². The Hall–Kier alpha value is -0.900. The van der Waals surface area contributed by atoms with Crippen LogP contribution in [0.1, 0.15) is 37.7 Å². The van der Waals surface area contributed by atoms with E-state index in [1.165, 1.54) is 37.9 Å². The van der Waals surface area contributed by atoms with Gasteiger partial charge in [0.1, 0.15) is 12.6 Å². The summed E-state index contributed by atoms with van der Waals surface area (Å²) in [5.74, 6) is 0.303. The molecule has 20 heavy (non-hydrogen) atoms. The Morgan fingerprint density at radius 2 is 1.90 bits per heavy atom. The average molecular weight is 276 g/mol. The maximum atomic E-state index is 6.14. The first kappa shape index (κ1) is 14.1. The fourth-order valence-electron chi connectivity index (χ4n) is 3.33. The molecule has 0 spiro atoms. The van der Waals surface area contributed by atoms with Gasteiger partial charge in [-0.05, 0) is 24.8 Å². The first-order valence-electron chi connectivity index (χ1n) is 7.98. The molecule has 3 heteroatoms. The van der Waals surface area contributed by atoms with Gasteiger partial charge in [-0.15, -0.1) is 0 Å². The third kappa shape index (κ3) is 3.40. The van der Waals surface area contributed by atoms with E-state index in [0.717, 1.165) is 13.2 Å². The second-order valence-electron chi connectivity index (χ2n) is 6.17. The maximum Gasteiger partial charge on any atom is 0.165 e. The number of nitrogens with one attached hydrogen (secondary N) is 1. The highest BCUT2D eigenvalue weighted by Gasteiger charge is 2.33. The van der Waals surface area contributed by atoms with Crippen LogP contribution in [-0.4, -0.2) is 38.6 Å². The lowest BCUT2D eigenvalue weighted by atomic mass is 10.0. The van der Waals surface area contributed by atoms with Crippen molar-refractivity contribution in [2.75, 3.05) is 26.2 Å². The molecule has 0 bridgehead atoms. The lowest BCUT2D eigenvalue weighted by Gasteiger charge is -2.25. The minimum absolute atomic E-state index is 0.0772. The first-order chi connectivity index (χ1) is 9.83. The Labute approximate surface area is 121 Å². The highest BCUT2D eigenvalue weighted by molar-refractivity contribution is 5.19. The number of ether oxygens (including phenoxy) is 2. The second kappa shape index (κ2) is 6.70. The topological polar surface area (TPSA) is 22.9 Å². The third-order valence-electron chi connectivity index (χ3n) is 4.58. The van der Waals surface area contributed by atoms with Crippen molar-refractivity contribution in [3.05, 3.63) is 35.9 Å². The van der Waals surface area contributed by atoms with Crippen LogP contribution in [0.2, 0.25) is 0 Å². The van der Waals surface area contributed by atoms with E-state index in [9.17, 15) is 0 Å². The number of likely N-dealkylation sites (tertiary alicyclic amines) is 1. The van der Waals surface area contributed by atoms with Crippen LogP contribution in [0.25, 0.3) is 0 Å². The average Bonchev–Trinajstić information content (AvgIpc) is 2.97. The maximum absolute atomic E-state index is 6.14. The van der Waals surface area contributed by atoms with E-state index in [1.54, 1.807) is 4.90 Å². The van der Waals surface area contributed by atoms with E-state index in [2.05, 4.69) is 37.3 Å². The minimum atomic E-state index is -0.0772. The SMILES string of the molecule is C[C@H](c1ccccc1)[C@H]1OC[C@H](C[NH+]2CCCCC2)O1. The molecular weight excluding hydrogens is 250 g/mol. The molecule has 3 rings (SSSR count). The molecule has 110 valence electrons. The molecule has 0 saturated carbocycles. The normalized spacial score (nSPS) is 29.4. The van der Waals surface area contributed by atoms with Crippen molar-refractivity contribution in [1.29, 1.82) is 0 Å². The molecule has 0 radical (unpaired) electrons. The monoisotopic (exact) mass is 276 g/mol. The molecule has 1 N–H and O–H groups in total. The molecule has 0 amide bonds. The summed E-state index contributed by atoms with van der Waals surface area (Å²) in [7, 11) is 0. The number of piperidine rings is 1. The van der Waals surface area contributed by atoms with E-state index >= 15 is 0 Å². The van der Waals surface area contributed by atoms with E-state index in [-0.39, 0.29) is 12.4 Å². The standard InChI is InChI=1S/C17H25NO2/c1-14(15-8-4-2-5-9-15)17-19-13-16(20-17)12-18-10-6-3-7-11-18/h2,4-5,8-9,14,16-17H,3,6-7,10-13H2,1H3/p+1/t14-,16+,17+/m1/s1. The van der Waals surface area contributed by atoms with E-state index in [0.29, 0.717) is 5.92 Å². The van der Waals surface area contributed by atoms with Crippen molar-refractivity contribution in [2.24, 2.45) is 0 Å². The summed E-state index contributed by atoms with van der Waals surface area (Å²) < 4.78 is 12.0. The van der Waals surface area contributed by atoms with E-state index < -0.39 is 0 Å². The quantitative estimate of drug-likeness (QED) is 0.903. The van der Waals surface area contributed by atoms with Gasteiger partial charge in [-0.25, -0.2) is 0 Å². The van der Waals surface area contributed by atoms with E-state index in [4.69, 9.17) is 9.47 Å². The molecule has 2 aliphatic rings. The van der Waals surface area contributed by atoms with Gasteiger partial charge in [-0.2, -0.15) is 0 Å². The van der Waals surface area contributed by atoms with Crippen molar-refractivity contribution in [2.45, 2.75) is 44.5 Å². The zero-order chi connectivity index (χ0) is 13.8. The molecular formula is C17H26NO2+. The number of benzene rings is 1. The van der Waals surface area contributed by atoms with Crippen molar-refractivity contribution >= 4 is 0 Å². The summed E-state index contributed by atoms with van der Waals surface area (Å²) in [5.41, 5.74) is 1.29. The van der Waals surface area contributed by atoms with Crippen LogP contribution >= 0.6 is 0 Å². The first-order valence-corrected chi connectivity index (χ1v) is 7.98. The number of quaternary nitrogens is 1. The highest BCUT2D eigenvalue weighted by atomic mass is 16.7. The molecule has 0 aliphatic carbocycles. The lowest BCUT2D eigenvalue weighted by molar-refractivity contribution is -0.907. The zero-order valence-electron chi connectivity index (χ0n) is 12.4. The van der Waals surface area contributed by atoms with Gasteiger partial charge in [0, 0.05) is 5.92 Å². The molecule has 2 heterocycles. The van der Waals surface area contributed by atoms with Crippen LogP contribution in [0.15, 0.2) is 30.3 Å². The molecule has 3 nitrogen and oxygen atoms in total. The van der Waals surface area contributed by atoms with Gasteiger partial charge < -0.3 is 14.4 Å². The van der Waals surface area contributed by atoms with Gasteiger partial charge in [0.25, 0.3) is 0 Å². The van der Waals surface area contributed by atoms with Gasteiger partial charge in [0.15, 0.2) is 6.29 Å². The van der Waals surface area contributed by atoms with Crippen LogP contribution in [0.4, 0.5) is 0 Å². The molecule has 0 unspecified atom stereocenters. The minimum Gasteiger partial charge on any atom is -0.349 e. The van der Waals surface area contributed by atoms with Gasteiger partial charge in [-0.3, -0.25) is 0 Å². The van der Waals surface area contributed by atoms with E-state index in [1.807, 2.05) is 0 Å². The Morgan fingerprint density at radius 1 is 1.15 bits per heavy atom. The predicted octanol–water partition coefficient (Wildman–Crippen LogP) is 1.60. The molecule has 3 atom stereocenters. The number of hydrogen-bond donors (Lipinski definition) is 1. The zero-order valence-corrected chi connectivity index (χ0v) is 12.4. The largest absolute Gasteiger partial charge is 0.349 e. The van der Waals surface area contributed by atoms with Crippen molar-refractivity contribution in [1.82, 2.24) is 0 Å². The molecule has 0 aromatic heterocycles. The van der Waals surface area contributed by atoms with Crippen molar-refractivity contribution in [3.63, 3.8) is 0 Å². The summed E-state index contributed by atoms with van der Waals surface area (Å²) in [6, 6.07) is 10.5. The fraction of sp³-hybridized carbons (Fsp3) is 0.647. The summed E-state index contributed by atoms with van der Waals surface area (Å²) in [4.78, 5) is 1.69. The van der Waals surface area contributed by atoms with Crippen LogP contribution < -0.4 is 4.90 Å². The molecule has 1 aromatic rings. The van der Waals surface area contributed by atoms with Gasteiger partial charge >= 0.3 is 0 Å². The van der Waals surface area contributed by atoms with Crippen LogP contribution in [0.3, 0.4) is 0 Å². The molecule has 2 saturated heterocycles. The smallest absolute Gasteiger partial charge is 0.165 e.